The first-order valence-corrected chi connectivity index (χ1v) is 5.97. The van der Waals surface area contributed by atoms with Crippen molar-refractivity contribution in [2.45, 2.75) is 32.1 Å². The van der Waals surface area contributed by atoms with Gasteiger partial charge in [0, 0.05) is 13.1 Å². The lowest BCUT2D eigenvalue weighted by atomic mass is 10.2. The van der Waals surface area contributed by atoms with Gasteiger partial charge in [0.15, 0.2) is 0 Å². The maximum Gasteiger partial charge on any atom is 0.0107 e. The second kappa shape index (κ2) is 8.01. The summed E-state index contributed by atoms with van der Waals surface area (Å²) in [5.74, 6) is 0. The van der Waals surface area contributed by atoms with E-state index in [9.17, 15) is 0 Å². The van der Waals surface area contributed by atoms with Crippen LogP contribution < -0.4 is 5.32 Å². The average molecular weight is 196 g/mol. The van der Waals surface area contributed by atoms with Gasteiger partial charge in [-0.1, -0.05) is 12.5 Å². The number of unbranched alkanes of at least 4 members (excludes halogenated alkanes) is 3. The van der Waals surface area contributed by atoms with E-state index < -0.39 is 0 Å². The average Bonchev–Trinajstić information content (AvgIpc) is 2.46. The van der Waals surface area contributed by atoms with Crippen LogP contribution in [0.1, 0.15) is 32.1 Å². The van der Waals surface area contributed by atoms with E-state index in [1.807, 2.05) is 6.08 Å². The predicted molar refractivity (Wildman–Crippen MR) is 62.6 cm³/mol. The van der Waals surface area contributed by atoms with Gasteiger partial charge >= 0.3 is 0 Å². The second-order valence-electron chi connectivity index (χ2n) is 4.08. The lowest BCUT2D eigenvalue weighted by molar-refractivity contribution is 0.285. The largest absolute Gasteiger partial charge is 0.315 e. The summed E-state index contributed by atoms with van der Waals surface area (Å²) in [4.78, 5) is 2.59. The molecular weight excluding hydrogens is 172 g/mol. The van der Waals surface area contributed by atoms with Crippen LogP contribution in [-0.2, 0) is 0 Å². The van der Waals surface area contributed by atoms with Crippen LogP contribution in [-0.4, -0.2) is 37.6 Å². The summed E-state index contributed by atoms with van der Waals surface area (Å²) < 4.78 is 0. The molecule has 0 unspecified atom stereocenters. The standard InChI is InChI=1S/C12H24N2/c1-2-3-4-5-6-10-14-11-7-8-13-9-12-14/h2,13H,1,3-12H2. The van der Waals surface area contributed by atoms with Crippen LogP contribution in [0, 0.1) is 0 Å². The Morgan fingerprint density at radius 3 is 2.93 bits per heavy atom. The fourth-order valence-corrected chi connectivity index (χ4v) is 1.93. The van der Waals surface area contributed by atoms with Gasteiger partial charge in [-0.15, -0.1) is 6.58 Å². The molecule has 0 saturated carbocycles. The molecule has 0 spiro atoms. The molecule has 0 radical (unpaired) electrons. The molecule has 0 bridgehead atoms. The lowest BCUT2D eigenvalue weighted by Gasteiger charge is -2.18. The zero-order valence-electron chi connectivity index (χ0n) is 9.30. The van der Waals surface area contributed by atoms with E-state index in [1.165, 1.54) is 64.8 Å². The smallest absolute Gasteiger partial charge is 0.0107 e. The predicted octanol–water partition coefficient (Wildman–Crippen LogP) is 2.03. The summed E-state index contributed by atoms with van der Waals surface area (Å²) in [5.41, 5.74) is 0. The molecule has 0 atom stereocenters. The molecular formula is C12H24N2. The van der Waals surface area contributed by atoms with Crippen LogP contribution in [0.25, 0.3) is 0 Å². The molecule has 14 heavy (non-hydrogen) atoms. The highest BCUT2D eigenvalue weighted by atomic mass is 15.1. The molecule has 2 nitrogen and oxygen atoms in total. The third kappa shape index (κ3) is 5.40. The van der Waals surface area contributed by atoms with E-state index in [-0.39, 0.29) is 0 Å². The molecule has 1 aliphatic heterocycles. The van der Waals surface area contributed by atoms with Crippen molar-refractivity contribution in [2.24, 2.45) is 0 Å². The van der Waals surface area contributed by atoms with Gasteiger partial charge in [0.1, 0.15) is 0 Å². The first kappa shape index (κ1) is 11.7. The Bertz CT molecular complexity index is 137. The van der Waals surface area contributed by atoms with E-state index in [0.717, 1.165) is 0 Å². The highest BCUT2D eigenvalue weighted by Gasteiger charge is 2.06. The van der Waals surface area contributed by atoms with Crippen molar-refractivity contribution in [3.05, 3.63) is 12.7 Å². The van der Waals surface area contributed by atoms with Crippen LogP contribution in [0.15, 0.2) is 12.7 Å². The Labute approximate surface area is 88.4 Å². The number of rotatable bonds is 6. The topological polar surface area (TPSA) is 15.3 Å². The van der Waals surface area contributed by atoms with Gasteiger partial charge < -0.3 is 10.2 Å². The maximum atomic E-state index is 3.74. The van der Waals surface area contributed by atoms with Crippen molar-refractivity contribution in [1.82, 2.24) is 10.2 Å². The van der Waals surface area contributed by atoms with E-state index in [4.69, 9.17) is 0 Å². The van der Waals surface area contributed by atoms with Crippen LogP contribution in [0.3, 0.4) is 0 Å². The molecule has 0 aliphatic carbocycles. The Morgan fingerprint density at radius 2 is 2.07 bits per heavy atom. The first-order chi connectivity index (χ1) is 6.93. The molecule has 1 aliphatic rings. The molecule has 0 aromatic carbocycles. The minimum Gasteiger partial charge on any atom is -0.315 e. The van der Waals surface area contributed by atoms with E-state index >= 15 is 0 Å². The minimum absolute atomic E-state index is 1.17. The molecule has 1 rings (SSSR count). The summed E-state index contributed by atoms with van der Waals surface area (Å²) in [5, 5.41) is 3.43. The quantitative estimate of drug-likeness (QED) is 0.516. The molecule has 1 fully saturated rings. The molecule has 2 heteroatoms. The SMILES string of the molecule is C=CCCCCCN1CCCNCC1. The highest BCUT2D eigenvalue weighted by Crippen LogP contribution is 2.03. The number of nitrogens with one attached hydrogen (secondary N) is 1. The van der Waals surface area contributed by atoms with Crippen molar-refractivity contribution >= 4 is 0 Å². The zero-order chi connectivity index (χ0) is 10.1. The molecule has 1 N–H and O–H groups in total. The third-order valence-corrected chi connectivity index (χ3v) is 2.82. The zero-order valence-corrected chi connectivity index (χ0v) is 9.30. The highest BCUT2D eigenvalue weighted by molar-refractivity contribution is 4.67. The van der Waals surface area contributed by atoms with E-state index in [2.05, 4.69) is 16.8 Å². The summed E-state index contributed by atoms with van der Waals surface area (Å²) in [7, 11) is 0. The number of hydrogen-bond acceptors (Lipinski definition) is 2. The van der Waals surface area contributed by atoms with Crippen LogP contribution in [0.5, 0.6) is 0 Å². The second-order valence-corrected chi connectivity index (χ2v) is 4.08. The monoisotopic (exact) mass is 196 g/mol. The summed E-state index contributed by atoms with van der Waals surface area (Å²) >= 11 is 0. The van der Waals surface area contributed by atoms with Crippen molar-refractivity contribution in [3.63, 3.8) is 0 Å². The summed E-state index contributed by atoms with van der Waals surface area (Å²) in [6.07, 6.45) is 8.55. The van der Waals surface area contributed by atoms with Gasteiger partial charge in [-0.2, -0.15) is 0 Å². The van der Waals surface area contributed by atoms with Gasteiger partial charge in [0.2, 0.25) is 0 Å². The molecule has 0 amide bonds. The third-order valence-electron chi connectivity index (χ3n) is 2.82. The van der Waals surface area contributed by atoms with E-state index in [1.54, 1.807) is 0 Å². The van der Waals surface area contributed by atoms with Crippen LogP contribution in [0.4, 0.5) is 0 Å². The van der Waals surface area contributed by atoms with Crippen molar-refractivity contribution in [3.8, 4) is 0 Å². The normalized spacial score (nSPS) is 19.1. The Kier molecular flexibility index (Phi) is 6.71. The van der Waals surface area contributed by atoms with Gasteiger partial charge in [0.05, 0.1) is 0 Å². The molecule has 0 aromatic rings. The van der Waals surface area contributed by atoms with Crippen LogP contribution in [0.2, 0.25) is 0 Å². The Balaban J connectivity index is 1.96. The molecule has 82 valence electrons. The molecule has 1 heterocycles. The maximum absolute atomic E-state index is 3.74. The molecule has 1 saturated heterocycles. The Hall–Kier alpha value is -0.340. The number of nitrogens with zero attached hydrogens (tertiary/aromatic N) is 1. The van der Waals surface area contributed by atoms with Gasteiger partial charge in [-0.3, -0.25) is 0 Å². The van der Waals surface area contributed by atoms with Gasteiger partial charge in [0.25, 0.3) is 0 Å². The fraction of sp³-hybridized carbons (Fsp3) is 0.833. The van der Waals surface area contributed by atoms with Gasteiger partial charge in [-0.25, -0.2) is 0 Å². The van der Waals surface area contributed by atoms with Gasteiger partial charge in [-0.05, 0) is 45.3 Å². The number of hydrogen-bond donors (Lipinski definition) is 1. The Morgan fingerprint density at radius 1 is 1.14 bits per heavy atom. The van der Waals surface area contributed by atoms with Crippen molar-refractivity contribution < 1.29 is 0 Å². The summed E-state index contributed by atoms with van der Waals surface area (Å²) in [6.45, 7) is 9.93. The summed E-state index contributed by atoms with van der Waals surface area (Å²) in [6, 6.07) is 0. The first-order valence-electron chi connectivity index (χ1n) is 5.97. The fourth-order valence-electron chi connectivity index (χ4n) is 1.93. The molecule has 0 aromatic heterocycles. The van der Waals surface area contributed by atoms with E-state index in [0.29, 0.717) is 0 Å². The number of allylic oxidation sites excluding steroid dienone is 1. The van der Waals surface area contributed by atoms with Crippen LogP contribution >= 0.6 is 0 Å². The minimum atomic E-state index is 1.17. The van der Waals surface area contributed by atoms with Crippen molar-refractivity contribution in [1.29, 1.82) is 0 Å². The van der Waals surface area contributed by atoms with Crippen molar-refractivity contribution in [2.75, 3.05) is 32.7 Å². The lowest BCUT2D eigenvalue weighted by Crippen LogP contribution is -2.29.